The Morgan fingerprint density at radius 2 is 2.20 bits per heavy atom. The smallest absolute Gasteiger partial charge is 0.336 e. The number of carboxylic acids is 1. The van der Waals surface area contributed by atoms with E-state index in [1.54, 1.807) is 19.2 Å². The van der Waals surface area contributed by atoms with Crippen molar-refractivity contribution in [2.24, 2.45) is 7.05 Å². The van der Waals surface area contributed by atoms with Crippen molar-refractivity contribution >= 4 is 21.7 Å². The van der Waals surface area contributed by atoms with E-state index in [0.717, 1.165) is 30.6 Å². The molecule has 2 heterocycles. The molecule has 1 aliphatic rings. The highest BCUT2D eigenvalue weighted by molar-refractivity contribution is 7.89. The molecule has 3 rings (SSSR count). The van der Waals surface area contributed by atoms with Gasteiger partial charge in [-0.05, 0) is 30.5 Å². The number of sulfonamides is 1. The fourth-order valence-electron chi connectivity index (χ4n) is 3.07. The van der Waals surface area contributed by atoms with E-state index in [1.807, 2.05) is 11.0 Å². The predicted octanol–water partition coefficient (Wildman–Crippen LogP) is 0.849. The second-order valence-electron chi connectivity index (χ2n) is 5.95. The number of nitrogens with zero attached hydrogens (tertiary/aromatic N) is 3. The molecule has 0 atom stereocenters. The number of rotatable bonds is 6. The van der Waals surface area contributed by atoms with Gasteiger partial charge in [-0.2, -0.15) is 5.10 Å². The van der Waals surface area contributed by atoms with E-state index >= 15 is 0 Å². The normalized spacial score (nSPS) is 14.4. The fraction of sp³-hybridized carbons (Fsp3) is 0.375. The van der Waals surface area contributed by atoms with Crippen molar-refractivity contribution in [2.75, 3.05) is 24.5 Å². The van der Waals surface area contributed by atoms with Crippen molar-refractivity contribution in [2.45, 2.75) is 17.7 Å². The molecule has 25 heavy (non-hydrogen) atoms. The molecule has 2 aromatic rings. The number of fused-ring (bicyclic) bond motifs is 1. The van der Waals surface area contributed by atoms with Crippen LogP contribution in [0.25, 0.3) is 0 Å². The molecule has 8 nitrogen and oxygen atoms in total. The van der Waals surface area contributed by atoms with Crippen molar-refractivity contribution < 1.29 is 18.3 Å². The largest absolute Gasteiger partial charge is 0.478 e. The molecule has 1 aromatic heterocycles. The number of hydrogen-bond acceptors (Lipinski definition) is 5. The number of nitrogens with one attached hydrogen (secondary N) is 1. The summed E-state index contributed by atoms with van der Waals surface area (Å²) >= 11 is 0. The highest BCUT2D eigenvalue weighted by atomic mass is 32.2. The zero-order valence-electron chi connectivity index (χ0n) is 13.8. The van der Waals surface area contributed by atoms with Crippen LogP contribution >= 0.6 is 0 Å². The molecule has 1 aliphatic heterocycles. The molecule has 0 fully saturated rings. The molecular weight excluding hydrogens is 344 g/mol. The van der Waals surface area contributed by atoms with E-state index in [4.69, 9.17) is 0 Å². The fourth-order valence-corrected chi connectivity index (χ4v) is 4.07. The van der Waals surface area contributed by atoms with E-state index in [0.29, 0.717) is 12.1 Å². The minimum atomic E-state index is -3.59. The SMILES string of the molecule is Cn1cc(S(=O)(=O)NCCN2CCCc3c(C(=O)O)cccc32)cn1. The third-order valence-corrected chi connectivity index (χ3v) is 5.66. The number of hydrogen-bond donors (Lipinski definition) is 2. The Hall–Kier alpha value is -2.39. The molecule has 134 valence electrons. The molecule has 0 saturated carbocycles. The monoisotopic (exact) mass is 364 g/mol. The molecule has 0 saturated heterocycles. The van der Waals surface area contributed by atoms with Crippen LogP contribution in [0.15, 0.2) is 35.5 Å². The van der Waals surface area contributed by atoms with Crippen LogP contribution in [0.3, 0.4) is 0 Å². The summed E-state index contributed by atoms with van der Waals surface area (Å²) in [5, 5.41) is 13.2. The molecule has 0 amide bonds. The van der Waals surface area contributed by atoms with Gasteiger partial charge >= 0.3 is 5.97 Å². The number of benzene rings is 1. The van der Waals surface area contributed by atoms with Crippen molar-refractivity contribution in [3.8, 4) is 0 Å². The first-order valence-corrected chi connectivity index (χ1v) is 9.45. The van der Waals surface area contributed by atoms with E-state index < -0.39 is 16.0 Å². The first kappa shape index (κ1) is 17.4. The van der Waals surface area contributed by atoms with Crippen LogP contribution in [-0.4, -0.2) is 48.9 Å². The second-order valence-corrected chi connectivity index (χ2v) is 7.71. The lowest BCUT2D eigenvalue weighted by Crippen LogP contribution is -2.38. The lowest BCUT2D eigenvalue weighted by molar-refractivity contribution is 0.0695. The van der Waals surface area contributed by atoms with E-state index in [9.17, 15) is 18.3 Å². The van der Waals surface area contributed by atoms with Crippen LogP contribution in [-0.2, 0) is 23.5 Å². The van der Waals surface area contributed by atoms with Gasteiger partial charge in [0.05, 0.1) is 11.8 Å². The third kappa shape index (κ3) is 3.67. The van der Waals surface area contributed by atoms with Gasteiger partial charge in [-0.25, -0.2) is 17.9 Å². The lowest BCUT2D eigenvalue weighted by Gasteiger charge is -2.32. The number of aromatic nitrogens is 2. The summed E-state index contributed by atoms with van der Waals surface area (Å²) < 4.78 is 28.4. The minimum Gasteiger partial charge on any atom is -0.478 e. The average molecular weight is 364 g/mol. The zero-order valence-corrected chi connectivity index (χ0v) is 14.7. The molecular formula is C16H20N4O4S. The van der Waals surface area contributed by atoms with Crippen LogP contribution in [0.1, 0.15) is 22.3 Å². The Bertz CT molecular complexity index is 891. The molecule has 0 bridgehead atoms. The molecule has 0 unspecified atom stereocenters. The molecule has 9 heteroatoms. The van der Waals surface area contributed by atoms with Gasteiger partial charge in [0.1, 0.15) is 4.90 Å². The van der Waals surface area contributed by atoms with Gasteiger partial charge in [0.25, 0.3) is 0 Å². The summed E-state index contributed by atoms with van der Waals surface area (Å²) in [5.74, 6) is -0.934. The first-order chi connectivity index (χ1) is 11.9. The van der Waals surface area contributed by atoms with E-state index in [1.165, 1.54) is 17.1 Å². The van der Waals surface area contributed by atoms with Crippen molar-refractivity contribution in [3.05, 3.63) is 41.7 Å². The number of carboxylic acid groups (broad SMARTS) is 1. The van der Waals surface area contributed by atoms with Crippen LogP contribution < -0.4 is 9.62 Å². The first-order valence-electron chi connectivity index (χ1n) is 7.97. The standard InChI is InChI=1S/C16H20N4O4S/c1-19-11-12(10-17-19)25(23,24)18-7-9-20-8-3-5-13-14(16(21)22)4-2-6-15(13)20/h2,4,6,10-11,18H,3,5,7-9H2,1H3,(H,21,22). The lowest BCUT2D eigenvalue weighted by atomic mass is 9.96. The Labute approximate surface area is 146 Å². The third-order valence-electron chi connectivity index (χ3n) is 4.24. The molecule has 1 aromatic carbocycles. The van der Waals surface area contributed by atoms with Crippen molar-refractivity contribution in [3.63, 3.8) is 0 Å². The quantitative estimate of drug-likeness (QED) is 0.787. The van der Waals surface area contributed by atoms with Crippen LogP contribution in [0.4, 0.5) is 5.69 Å². The number of aryl methyl sites for hydroxylation is 1. The average Bonchev–Trinajstić information content (AvgIpc) is 3.01. The molecule has 0 aliphatic carbocycles. The Morgan fingerprint density at radius 1 is 1.40 bits per heavy atom. The van der Waals surface area contributed by atoms with Gasteiger partial charge in [-0.15, -0.1) is 0 Å². The predicted molar refractivity (Wildman–Crippen MR) is 92.3 cm³/mol. The Balaban J connectivity index is 1.70. The van der Waals surface area contributed by atoms with Gasteiger partial charge < -0.3 is 10.0 Å². The maximum atomic E-state index is 12.2. The van der Waals surface area contributed by atoms with Gasteiger partial charge in [-0.1, -0.05) is 6.07 Å². The van der Waals surface area contributed by atoms with Crippen LogP contribution in [0, 0.1) is 0 Å². The maximum Gasteiger partial charge on any atom is 0.336 e. The molecule has 0 spiro atoms. The minimum absolute atomic E-state index is 0.127. The number of anilines is 1. The zero-order chi connectivity index (χ0) is 18.0. The van der Waals surface area contributed by atoms with Crippen molar-refractivity contribution in [1.29, 1.82) is 0 Å². The van der Waals surface area contributed by atoms with E-state index in [-0.39, 0.29) is 11.4 Å². The van der Waals surface area contributed by atoms with Gasteiger partial charge in [0.2, 0.25) is 10.0 Å². The molecule has 0 radical (unpaired) electrons. The van der Waals surface area contributed by atoms with Gasteiger partial charge in [0.15, 0.2) is 0 Å². The Kier molecular flexibility index (Phi) is 4.78. The summed E-state index contributed by atoms with van der Waals surface area (Å²) in [6.45, 7) is 1.47. The van der Waals surface area contributed by atoms with Gasteiger partial charge in [-0.3, -0.25) is 4.68 Å². The summed E-state index contributed by atoms with van der Waals surface area (Å²) in [6.07, 6.45) is 4.30. The summed E-state index contributed by atoms with van der Waals surface area (Å²) in [4.78, 5) is 13.5. The van der Waals surface area contributed by atoms with Crippen LogP contribution in [0.2, 0.25) is 0 Å². The highest BCUT2D eigenvalue weighted by Gasteiger charge is 2.22. The van der Waals surface area contributed by atoms with E-state index in [2.05, 4.69) is 9.82 Å². The number of aromatic carboxylic acids is 1. The topological polar surface area (TPSA) is 105 Å². The maximum absolute atomic E-state index is 12.2. The summed E-state index contributed by atoms with van der Waals surface area (Å²) in [6, 6.07) is 5.22. The van der Waals surface area contributed by atoms with Gasteiger partial charge in [0, 0.05) is 38.6 Å². The van der Waals surface area contributed by atoms with Crippen LogP contribution in [0.5, 0.6) is 0 Å². The summed E-state index contributed by atoms with van der Waals surface area (Å²) in [7, 11) is -1.94. The summed E-state index contributed by atoms with van der Waals surface area (Å²) in [5.41, 5.74) is 2.00. The second kappa shape index (κ2) is 6.85. The Morgan fingerprint density at radius 3 is 2.88 bits per heavy atom. The van der Waals surface area contributed by atoms with Crippen molar-refractivity contribution in [1.82, 2.24) is 14.5 Å². The molecule has 2 N–H and O–H groups in total. The highest BCUT2D eigenvalue weighted by Crippen LogP contribution is 2.29. The number of carbonyl (C=O) groups is 1.